The summed E-state index contributed by atoms with van der Waals surface area (Å²) in [6.07, 6.45) is 3.08. The first-order chi connectivity index (χ1) is 17.6. The number of aromatic nitrogens is 1. The molecule has 2 aliphatic heterocycles. The molecule has 2 aliphatic rings. The topological polar surface area (TPSA) is 118 Å². The Morgan fingerprint density at radius 3 is 2.62 bits per heavy atom. The van der Waals surface area contributed by atoms with Gasteiger partial charge in [-0.25, -0.2) is 0 Å². The molecule has 2 aromatic rings. The average molecular weight is 508 g/mol. The number of nitrogens with two attached hydrogens (primary N) is 1. The van der Waals surface area contributed by atoms with Gasteiger partial charge in [-0.1, -0.05) is 36.4 Å². The Balaban J connectivity index is 1.54. The van der Waals surface area contributed by atoms with Gasteiger partial charge in [0, 0.05) is 38.8 Å². The number of nitrogens with one attached hydrogen (secondary N) is 1. The normalized spacial score (nSPS) is 22.8. The van der Waals surface area contributed by atoms with Gasteiger partial charge in [0.25, 0.3) is 0 Å². The van der Waals surface area contributed by atoms with E-state index in [0.29, 0.717) is 32.5 Å². The highest BCUT2D eigenvalue weighted by atomic mass is 16.5. The summed E-state index contributed by atoms with van der Waals surface area (Å²) in [6, 6.07) is 14.6. The van der Waals surface area contributed by atoms with Crippen molar-refractivity contribution in [3.8, 4) is 0 Å². The van der Waals surface area contributed by atoms with Crippen molar-refractivity contribution in [3.05, 3.63) is 66.0 Å². The van der Waals surface area contributed by atoms with Gasteiger partial charge in [-0.2, -0.15) is 0 Å². The molecule has 1 spiro atoms. The zero-order chi connectivity index (χ0) is 26.6. The maximum Gasteiger partial charge on any atom is 0.247 e. The molecule has 3 atom stereocenters. The van der Waals surface area contributed by atoms with Crippen LogP contribution in [0.3, 0.4) is 0 Å². The second-order valence-electron chi connectivity index (χ2n) is 10.8. The molecule has 0 bridgehead atoms. The Kier molecular flexibility index (Phi) is 7.94. The molecule has 9 nitrogen and oxygen atoms in total. The van der Waals surface area contributed by atoms with Crippen LogP contribution in [0.5, 0.6) is 0 Å². The molecule has 2 saturated heterocycles. The lowest BCUT2D eigenvalue weighted by Gasteiger charge is -2.43. The number of carbonyl (C=O) groups excluding carboxylic acids is 3. The number of amides is 3. The highest BCUT2D eigenvalue weighted by molar-refractivity contribution is 5.92. The van der Waals surface area contributed by atoms with E-state index in [1.165, 1.54) is 0 Å². The standard InChI is InChI=1S/C28H37N5O4/c1-27(2,29)25(35)31-23(18-37-17-21-12-7-8-14-30-21)24(34)33-15-9-13-28(19-33)22(16-32(3)26(28)36)20-10-5-4-6-11-20/h4-8,10-12,14,22-23H,9,13,15-19,29H2,1-3H3,(H,31,35). The zero-order valence-electron chi connectivity index (χ0n) is 21.9. The summed E-state index contributed by atoms with van der Waals surface area (Å²) in [7, 11) is 1.83. The number of hydrogen-bond acceptors (Lipinski definition) is 6. The number of rotatable bonds is 8. The fourth-order valence-electron chi connectivity index (χ4n) is 5.41. The zero-order valence-corrected chi connectivity index (χ0v) is 21.9. The van der Waals surface area contributed by atoms with Gasteiger partial charge >= 0.3 is 0 Å². The molecule has 9 heteroatoms. The summed E-state index contributed by atoms with van der Waals surface area (Å²) in [4.78, 5) is 47.8. The first-order valence-corrected chi connectivity index (χ1v) is 12.8. The minimum atomic E-state index is -1.16. The van der Waals surface area contributed by atoms with Crippen molar-refractivity contribution in [2.45, 2.75) is 50.8 Å². The number of benzene rings is 1. The average Bonchev–Trinajstić information content (AvgIpc) is 3.13. The van der Waals surface area contributed by atoms with E-state index in [9.17, 15) is 14.4 Å². The first kappa shape index (κ1) is 26.8. The number of likely N-dealkylation sites (N-methyl/N-ethyl adjacent to an activating group) is 1. The van der Waals surface area contributed by atoms with Crippen LogP contribution in [-0.2, 0) is 25.7 Å². The minimum absolute atomic E-state index is 0.0155. The molecular formula is C28H37N5O4. The third kappa shape index (κ3) is 5.83. The van der Waals surface area contributed by atoms with E-state index in [1.807, 2.05) is 43.4 Å². The van der Waals surface area contributed by atoms with E-state index in [4.69, 9.17) is 10.5 Å². The third-order valence-electron chi connectivity index (χ3n) is 7.38. The van der Waals surface area contributed by atoms with Crippen molar-refractivity contribution in [3.63, 3.8) is 0 Å². The third-order valence-corrected chi connectivity index (χ3v) is 7.38. The molecule has 2 fully saturated rings. The Morgan fingerprint density at radius 2 is 1.95 bits per heavy atom. The highest BCUT2D eigenvalue weighted by Gasteiger charge is 2.55. The van der Waals surface area contributed by atoms with Crippen LogP contribution in [0.2, 0.25) is 0 Å². The van der Waals surface area contributed by atoms with E-state index in [-0.39, 0.29) is 30.9 Å². The molecule has 198 valence electrons. The van der Waals surface area contributed by atoms with Gasteiger partial charge < -0.3 is 25.6 Å². The van der Waals surface area contributed by atoms with Gasteiger partial charge in [-0.3, -0.25) is 19.4 Å². The predicted octanol–water partition coefficient (Wildman–Crippen LogP) is 1.68. The molecule has 0 aliphatic carbocycles. The SMILES string of the molecule is CN1CC(c2ccccc2)C2(CCCN(C(=O)C(COCc3ccccn3)NC(=O)C(C)(C)N)C2)C1=O. The molecule has 0 radical (unpaired) electrons. The van der Waals surface area contributed by atoms with Gasteiger partial charge in [0.2, 0.25) is 17.7 Å². The van der Waals surface area contributed by atoms with E-state index in [2.05, 4.69) is 22.4 Å². The fourth-order valence-corrected chi connectivity index (χ4v) is 5.41. The van der Waals surface area contributed by atoms with Crippen molar-refractivity contribution in [2.24, 2.45) is 11.1 Å². The number of pyridine rings is 1. The molecule has 37 heavy (non-hydrogen) atoms. The van der Waals surface area contributed by atoms with Crippen LogP contribution >= 0.6 is 0 Å². The van der Waals surface area contributed by atoms with Crippen LogP contribution < -0.4 is 11.1 Å². The summed E-state index contributed by atoms with van der Waals surface area (Å²) in [5, 5.41) is 2.79. The molecule has 3 N–H and O–H groups in total. The summed E-state index contributed by atoms with van der Waals surface area (Å²) < 4.78 is 5.81. The van der Waals surface area contributed by atoms with Gasteiger partial charge in [0.15, 0.2) is 0 Å². The maximum atomic E-state index is 13.8. The smallest absolute Gasteiger partial charge is 0.247 e. The van der Waals surface area contributed by atoms with Gasteiger partial charge in [0.05, 0.1) is 29.9 Å². The number of ether oxygens (including phenoxy) is 1. The number of piperidine rings is 1. The van der Waals surface area contributed by atoms with Crippen molar-refractivity contribution < 1.29 is 19.1 Å². The monoisotopic (exact) mass is 507 g/mol. The molecule has 3 heterocycles. The Morgan fingerprint density at radius 1 is 1.22 bits per heavy atom. The summed E-state index contributed by atoms with van der Waals surface area (Å²) in [5.41, 5.74) is 5.97. The van der Waals surface area contributed by atoms with Crippen LogP contribution in [0.1, 0.15) is 43.9 Å². The predicted molar refractivity (Wildman–Crippen MR) is 139 cm³/mol. The summed E-state index contributed by atoms with van der Waals surface area (Å²) in [6.45, 7) is 4.77. The molecule has 4 rings (SSSR count). The Labute approximate surface area is 218 Å². The Hall–Kier alpha value is -3.30. The lowest BCUT2D eigenvalue weighted by Crippen LogP contribution is -2.60. The molecular weight excluding hydrogens is 470 g/mol. The minimum Gasteiger partial charge on any atom is -0.372 e. The number of hydrogen-bond donors (Lipinski definition) is 2. The molecule has 1 aromatic carbocycles. The summed E-state index contributed by atoms with van der Waals surface area (Å²) >= 11 is 0. The van der Waals surface area contributed by atoms with Gasteiger partial charge in [0.1, 0.15) is 6.04 Å². The second kappa shape index (κ2) is 11.0. The van der Waals surface area contributed by atoms with Crippen LogP contribution in [0.4, 0.5) is 0 Å². The highest BCUT2D eigenvalue weighted by Crippen LogP contribution is 2.49. The molecule has 1 aromatic heterocycles. The molecule has 3 unspecified atom stereocenters. The van der Waals surface area contributed by atoms with E-state index in [0.717, 1.165) is 11.3 Å². The molecule has 3 amide bonds. The van der Waals surface area contributed by atoms with E-state index < -0.39 is 22.9 Å². The van der Waals surface area contributed by atoms with Crippen LogP contribution in [0.15, 0.2) is 54.7 Å². The van der Waals surface area contributed by atoms with Crippen LogP contribution in [-0.4, -0.2) is 77.4 Å². The number of carbonyl (C=O) groups is 3. The lowest BCUT2D eigenvalue weighted by molar-refractivity contribution is -0.147. The number of nitrogens with zero attached hydrogens (tertiary/aromatic N) is 3. The Bertz CT molecular complexity index is 1100. The lowest BCUT2D eigenvalue weighted by atomic mass is 9.69. The molecule has 0 saturated carbocycles. The number of likely N-dealkylation sites (tertiary alicyclic amines) is 2. The van der Waals surface area contributed by atoms with Crippen LogP contribution in [0.25, 0.3) is 0 Å². The first-order valence-electron chi connectivity index (χ1n) is 12.8. The van der Waals surface area contributed by atoms with Gasteiger partial charge in [-0.15, -0.1) is 0 Å². The van der Waals surface area contributed by atoms with Crippen molar-refractivity contribution in [2.75, 3.05) is 33.3 Å². The van der Waals surface area contributed by atoms with Crippen molar-refractivity contribution in [1.29, 1.82) is 0 Å². The maximum absolute atomic E-state index is 13.8. The van der Waals surface area contributed by atoms with E-state index >= 15 is 0 Å². The van der Waals surface area contributed by atoms with Crippen molar-refractivity contribution in [1.82, 2.24) is 20.1 Å². The second-order valence-corrected chi connectivity index (χ2v) is 10.8. The quantitative estimate of drug-likeness (QED) is 0.562. The van der Waals surface area contributed by atoms with Gasteiger partial charge in [-0.05, 0) is 44.4 Å². The largest absolute Gasteiger partial charge is 0.372 e. The van der Waals surface area contributed by atoms with Crippen LogP contribution in [0, 0.1) is 5.41 Å². The van der Waals surface area contributed by atoms with E-state index in [1.54, 1.807) is 29.8 Å². The summed E-state index contributed by atoms with van der Waals surface area (Å²) in [5.74, 6) is -0.670. The van der Waals surface area contributed by atoms with Crippen molar-refractivity contribution >= 4 is 17.7 Å². The fraction of sp³-hybridized carbons (Fsp3) is 0.500.